The van der Waals surface area contributed by atoms with Crippen molar-refractivity contribution in [3.63, 3.8) is 0 Å². The molecule has 0 radical (unpaired) electrons. The highest BCUT2D eigenvalue weighted by Gasteiger charge is 2.25. The molecule has 0 saturated heterocycles. The topological polar surface area (TPSA) is 57.8 Å². The Kier molecular flexibility index (Phi) is 3.28. The zero-order valence-corrected chi connectivity index (χ0v) is 13.3. The van der Waals surface area contributed by atoms with Crippen molar-refractivity contribution in [1.82, 2.24) is 24.3 Å². The van der Waals surface area contributed by atoms with Crippen molar-refractivity contribution < 1.29 is 4.74 Å². The van der Waals surface area contributed by atoms with Crippen LogP contribution >= 0.6 is 11.6 Å². The third kappa shape index (κ3) is 2.10. The van der Waals surface area contributed by atoms with Crippen LogP contribution in [0.5, 0.6) is 0 Å². The number of nitrogens with zero attached hydrogens (tertiary/aromatic N) is 5. The van der Waals surface area contributed by atoms with Crippen molar-refractivity contribution in [2.24, 2.45) is 0 Å². The van der Waals surface area contributed by atoms with Crippen LogP contribution in [0.25, 0.3) is 23.2 Å². The lowest BCUT2D eigenvalue weighted by Gasteiger charge is -2.08. The van der Waals surface area contributed by atoms with E-state index < -0.39 is 0 Å². The summed E-state index contributed by atoms with van der Waals surface area (Å²) in [6.07, 6.45) is 3.56. The number of methoxy groups -OCH3 is 1. The molecule has 7 heteroatoms. The van der Waals surface area contributed by atoms with Gasteiger partial charge >= 0.3 is 0 Å². The molecular formula is C16H14ClN5O. The van der Waals surface area contributed by atoms with Crippen molar-refractivity contribution in [3.8, 4) is 17.1 Å². The van der Waals surface area contributed by atoms with Crippen LogP contribution in [0.2, 0.25) is 5.02 Å². The van der Waals surface area contributed by atoms with Crippen molar-refractivity contribution >= 4 is 17.7 Å². The summed E-state index contributed by atoms with van der Waals surface area (Å²) in [7, 11) is 1.64. The van der Waals surface area contributed by atoms with Crippen LogP contribution in [-0.4, -0.2) is 31.4 Å². The van der Waals surface area contributed by atoms with E-state index in [4.69, 9.17) is 16.3 Å². The standard InChI is InChI=1S/C16H14ClN5O/c1-3-12-14-7-21-15(8-23-2)19-20-16(21)11-6-10(17)4-5-13(11)22(14)9-18-12/h3-6,9H,1,7-8H2,2H3. The number of benzene rings is 1. The van der Waals surface area contributed by atoms with Gasteiger partial charge in [0.05, 0.1) is 23.6 Å². The minimum Gasteiger partial charge on any atom is -0.377 e. The zero-order valence-electron chi connectivity index (χ0n) is 12.5. The largest absolute Gasteiger partial charge is 0.377 e. The molecule has 23 heavy (non-hydrogen) atoms. The van der Waals surface area contributed by atoms with Crippen LogP contribution in [0.1, 0.15) is 17.2 Å². The number of aromatic nitrogens is 5. The van der Waals surface area contributed by atoms with E-state index in [0.717, 1.165) is 34.3 Å². The summed E-state index contributed by atoms with van der Waals surface area (Å²) in [6, 6.07) is 5.73. The van der Waals surface area contributed by atoms with Gasteiger partial charge in [0.2, 0.25) is 0 Å². The second-order valence-corrected chi connectivity index (χ2v) is 5.71. The molecule has 0 spiro atoms. The summed E-state index contributed by atoms with van der Waals surface area (Å²) in [5.41, 5.74) is 3.76. The normalized spacial score (nSPS) is 12.3. The van der Waals surface area contributed by atoms with Gasteiger partial charge < -0.3 is 13.9 Å². The van der Waals surface area contributed by atoms with Gasteiger partial charge in [-0.05, 0) is 24.3 Å². The first-order chi connectivity index (χ1) is 11.2. The Morgan fingerprint density at radius 1 is 1.39 bits per heavy atom. The molecule has 3 heterocycles. The van der Waals surface area contributed by atoms with Crippen molar-refractivity contribution in [2.45, 2.75) is 13.2 Å². The predicted molar refractivity (Wildman–Crippen MR) is 87.5 cm³/mol. The minimum absolute atomic E-state index is 0.389. The molecule has 1 aromatic carbocycles. The Hall–Kier alpha value is -2.44. The second-order valence-electron chi connectivity index (χ2n) is 5.27. The van der Waals surface area contributed by atoms with Crippen LogP contribution in [0.4, 0.5) is 0 Å². The number of imidazole rings is 1. The van der Waals surface area contributed by atoms with E-state index in [1.165, 1.54) is 0 Å². The highest BCUT2D eigenvalue weighted by atomic mass is 35.5. The number of ether oxygens (including phenoxy) is 1. The summed E-state index contributed by atoms with van der Waals surface area (Å²) in [4.78, 5) is 4.44. The van der Waals surface area contributed by atoms with E-state index in [2.05, 4.69) is 21.8 Å². The molecule has 0 saturated carbocycles. The Bertz CT molecular complexity index is 911. The van der Waals surface area contributed by atoms with Gasteiger partial charge in [-0.3, -0.25) is 0 Å². The quantitative estimate of drug-likeness (QED) is 0.580. The monoisotopic (exact) mass is 327 g/mol. The van der Waals surface area contributed by atoms with E-state index in [9.17, 15) is 0 Å². The molecule has 0 N–H and O–H groups in total. The Morgan fingerprint density at radius 2 is 2.26 bits per heavy atom. The Labute approximate surface area is 138 Å². The smallest absolute Gasteiger partial charge is 0.166 e. The highest BCUT2D eigenvalue weighted by molar-refractivity contribution is 6.31. The third-order valence-electron chi connectivity index (χ3n) is 3.96. The average Bonchev–Trinajstić information content (AvgIpc) is 3.10. The van der Waals surface area contributed by atoms with Crippen LogP contribution in [0, 0.1) is 0 Å². The lowest BCUT2D eigenvalue weighted by molar-refractivity contribution is 0.174. The minimum atomic E-state index is 0.389. The average molecular weight is 328 g/mol. The van der Waals surface area contributed by atoms with Crippen LogP contribution in [0.3, 0.4) is 0 Å². The summed E-state index contributed by atoms with van der Waals surface area (Å²) in [5, 5.41) is 9.26. The number of hydrogen-bond donors (Lipinski definition) is 0. The molecule has 2 aromatic heterocycles. The molecule has 0 amide bonds. The lowest BCUT2D eigenvalue weighted by Crippen LogP contribution is -2.08. The number of fused-ring (bicyclic) bond motifs is 5. The van der Waals surface area contributed by atoms with Gasteiger partial charge in [-0.1, -0.05) is 18.2 Å². The van der Waals surface area contributed by atoms with E-state index in [-0.39, 0.29) is 0 Å². The molecule has 0 atom stereocenters. The van der Waals surface area contributed by atoms with Crippen LogP contribution in [0.15, 0.2) is 31.1 Å². The second kappa shape index (κ2) is 5.33. The summed E-state index contributed by atoms with van der Waals surface area (Å²) < 4.78 is 9.32. The Morgan fingerprint density at radius 3 is 3.04 bits per heavy atom. The number of hydrogen-bond acceptors (Lipinski definition) is 4. The number of halogens is 1. The fourth-order valence-electron chi connectivity index (χ4n) is 2.91. The van der Waals surface area contributed by atoms with Crippen LogP contribution < -0.4 is 0 Å². The first-order valence-electron chi connectivity index (χ1n) is 7.13. The van der Waals surface area contributed by atoms with Gasteiger partial charge in [0.25, 0.3) is 0 Å². The molecule has 4 rings (SSSR count). The maximum absolute atomic E-state index is 6.20. The van der Waals surface area contributed by atoms with Crippen LogP contribution in [-0.2, 0) is 17.9 Å². The predicted octanol–water partition coefficient (Wildman–Crippen LogP) is 2.94. The maximum Gasteiger partial charge on any atom is 0.166 e. The molecule has 6 nitrogen and oxygen atoms in total. The molecule has 0 bridgehead atoms. The van der Waals surface area contributed by atoms with Crippen molar-refractivity contribution in [3.05, 3.63) is 53.3 Å². The molecule has 1 aliphatic heterocycles. The molecule has 0 unspecified atom stereocenters. The molecular weight excluding hydrogens is 314 g/mol. The van der Waals surface area contributed by atoms with E-state index >= 15 is 0 Å². The summed E-state index contributed by atoms with van der Waals surface area (Å²) >= 11 is 6.20. The van der Waals surface area contributed by atoms with Gasteiger partial charge in [0.1, 0.15) is 12.9 Å². The molecule has 0 fully saturated rings. The lowest BCUT2D eigenvalue weighted by atomic mass is 10.1. The maximum atomic E-state index is 6.20. The van der Waals surface area contributed by atoms with E-state index in [1.807, 2.05) is 27.3 Å². The van der Waals surface area contributed by atoms with Gasteiger partial charge in [-0.25, -0.2) is 4.98 Å². The summed E-state index contributed by atoms with van der Waals surface area (Å²) in [6.45, 7) is 4.83. The third-order valence-corrected chi connectivity index (χ3v) is 4.19. The fourth-order valence-corrected chi connectivity index (χ4v) is 3.08. The molecule has 1 aliphatic rings. The fraction of sp³-hybridized carbons (Fsp3) is 0.188. The van der Waals surface area contributed by atoms with Crippen molar-refractivity contribution in [2.75, 3.05) is 7.11 Å². The van der Waals surface area contributed by atoms with Gasteiger partial charge in [0.15, 0.2) is 11.6 Å². The summed E-state index contributed by atoms with van der Waals surface area (Å²) in [5.74, 6) is 1.53. The molecule has 3 aromatic rings. The van der Waals surface area contributed by atoms with Gasteiger partial charge in [-0.15, -0.1) is 10.2 Å². The SMILES string of the molecule is C=Cc1ncn2c1Cn1c(COC)nnc1-c1cc(Cl)ccc1-2. The van der Waals surface area contributed by atoms with Gasteiger partial charge in [0, 0.05) is 17.7 Å². The Balaban J connectivity index is 2.05. The van der Waals surface area contributed by atoms with E-state index in [0.29, 0.717) is 18.2 Å². The van der Waals surface area contributed by atoms with Gasteiger partial charge in [-0.2, -0.15) is 0 Å². The number of rotatable bonds is 3. The zero-order chi connectivity index (χ0) is 16.0. The molecule has 0 aliphatic carbocycles. The van der Waals surface area contributed by atoms with E-state index in [1.54, 1.807) is 19.5 Å². The first kappa shape index (κ1) is 14.2. The van der Waals surface area contributed by atoms with Crippen molar-refractivity contribution in [1.29, 1.82) is 0 Å². The first-order valence-corrected chi connectivity index (χ1v) is 7.50. The highest BCUT2D eigenvalue weighted by Crippen LogP contribution is 2.34. The molecule has 116 valence electrons.